The summed E-state index contributed by atoms with van der Waals surface area (Å²) in [6.45, 7) is 4.81. The number of carbonyl (C=O) groups excluding carboxylic acids is 1. The lowest BCUT2D eigenvalue weighted by atomic mass is 10.1. The molecule has 0 saturated carbocycles. The molecule has 0 aliphatic heterocycles. The molecule has 112 valence electrons. The molecule has 0 unspecified atom stereocenters. The Bertz CT molecular complexity index is 638. The number of benzene rings is 1. The summed E-state index contributed by atoms with van der Waals surface area (Å²) in [6, 6.07) is 5.06. The molecular weight excluding hydrogens is 286 g/mol. The molecule has 0 bridgehead atoms. The Balaban J connectivity index is 2.14. The van der Waals surface area contributed by atoms with Crippen molar-refractivity contribution in [2.24, 2.45) is 5.73 Å². The van der Waals surface area contributed by atoms with Gasteiger partial charge >= 0.3 is 0 Å². The number of rotatable bonds is 6. The quantitative estimate of drug-likeness (QED) is 0.860. The Morgan fingerprint density at radius 3 is 2.81 bits per heavy atom. The molecular formula is C15H19N3O2S. The van der Waals surface area contributed by atoms with Crippen molar-refractivity contribution in [1.82, 2.24) is 4.98 Å². The Hall–Kier alpha value is -2.08. The Morgan fingerprint density at radius 2 is 2.24 bits per heavy atom. The molecule has 0 aliphatic rings. The highest BCUT2D eigenvalue weighted by Crippen LogP contribution is 2.26. The molecule has 21 heavy (non-hydrogen) atoms. The lowest BCUT2D eigenvalue weighted by Gasteiger charge is -2.11. The number of ether oxygens (including phenoxy) is 1. The second kappa shape index (κ2) is 6.58. The summed E-state index contributed by atoms with van der Waals surface area (Å²) in [5.74, 6) is 0.632. The number of hydrogen-bond acceptors (Lipinski definition) is 5. The summed E-state index contributed by atoms with van der Waals surface area (Å²) in [7, 11) is 1.59. The second-order valence-electron chi connectivity index (χ2n) is 4.96. The van der Waals surface area contributed by atoms with Crippen LogP contribution in [0.15, 0.2) is 23.6 Å². The van der Waals surface area contributed by atoms with Crippen molar-refractivity contribution in [3.8, 4) is 5.75 Å². The van der Waals surface area contributed by atoms with Crippen molar-refractivity contribution >= 4 is 22.9 Å². The van der Waals surface area contributed by atoms with E-state index in [-0.39, 0.29) is 0 Å². The van der Waals surface area contributed by atoms with E-state index in [1.54, 1.807) is 36.6 Å². The van der Waals surface area contributed by atoms with Crippen molar-refractivity contribution in [2.45, 2.75) is 26.3 Å². The third kappa shape index (κ3) is 3.72. The molecule has 1 amide bonds. The number of amides is 1. The van der Waals surface area contributed by atoms with Crippen LogP contribution in [0.5, 0.6) is 5.75 Å². The van der Waals surface area contributed by atoms with Gasteiger partial charge in [-0.3, -0.25) is 4.79 Å². The first-order valence-electron chi connectivity index (χ1n) is 6.67. The maximum absolute atomic E-state index is 11.2. The van der Waals surface area contributed by atoms with Crippen LogP contribution >= 0.6 is 11.3 Å². The lowest BCUT2D eigenvalue weighted by Crippen LogP contribution is -2.12. The molecule has 0 saturated heterocycles. The number of carbonyl (C=O) groups is 1. The lowest BCUT2D eigenvalue weighted by molar-refractivity contribution is 0.100. The largest absolute Gasteiger partial charge is 0.495 e. The number of nitrogens with one attached hydrogen (secondary N) is 1. The van der Waals surface area contributed by atoms with Gasteiger partial charge in [0.1, 0.15) is 5.75 Å². The smallest absolute Gasteiger partial charge is 0.248 e. The molecule has 1 heterocycles. The molecule has 0 radical (unpaired) electrons. The number of primary amides is 1. The highest BCUT2D eigenvalue weighted by molar-refractivity contribution is 7.09. The number of thiazole rings is 1. The molecule has 0 atom stereocenters. The maximum atomic E-state index is 11.2. The fourth-order valence-corrected chi connectivity index (χ4v) is 2.69. The minimum Gasteiger partial charge on any atom is -0.495 e. The van der Waals surface area contributed by atoms with Crippen LogP contribution in [0, 0.1) is 0 Å². The van der Waals surface area contributed by atoms with Crippen LogP contribution in [0.25, 0.3) is 0 Å². The molecule has 2 aromatic rings. The monoisotopic (exact) mass is 305 g/mol. The van der Waals surface area contributed by atoms with Gasteiger partial charge in [-0.2, -0.15) is 0 Å². The Kier molecular flexibility index (Phi) is 4.80. The van der Waals surface area contributed by atoms with Crippen LogP contribution in [0.1, 0.15) is 40.8 Å². The number of nitrogens with two attached hydrogens (primary N) is 1. The van der Waals surface area contributed by atoms with E-state index >= 15 is 0 Å². The fraction of sp³-hybridized carbons (Fsp3) is 0.333. The summed E-state index contributed by atoms with van der Waals surface area (Å²) in [6.07, 6.45) is 0. The van der Waals surface area contributed by atoms with Gasteiger partial charge in [-0.1, -0.05) is 13.8 Å². The van der Waals surface area contributed by atoms with Crippen molar-refractivity contribution < 1.29 is 9.53 Å². The molecule has 2 rings (SSSR count). The van der Waals surface area contributed by atoms with E-state index in [4.69, 9.17) is 10.5 Å². The number of anilines is 1. The van der Waals surface area contributed by atoms with Crippen molar-refractivity contribution in [2.75, 3.05) is 12.4 Å². The topological polar surface area (TPSA) is 77.2 Å². The van der Waals surface area contributed by atoms with Crippen molar-refractivity contribution in [3.05, 3.63) is 39.8 Å². The van der Waals surface area contributed by atoms with Crippen LogP contribution in [-0.2, 0) is 6.54 Å². The zero-order valence-electron chi connectivity index (χ0n) is 12.3. The third-order valence-electron chi connectivity index (χ3n) is 3.01. The number of aromatic nitrogens is 1. The molecule has 0 aliphatic carbocycles. The fourth-order valence-electron chi connectivity index (χ4n) is 1.85. The summed E-state index contributed by atoms with van der Waals surface area (Å²) in [5.41, 5.74) is 7.44. The number of hydrogen-bond donors (Lipinski definition) is 2. The van der Waals surface area contributed by atoms with E-state index in [2.05, 4.69) is 24.1 Å². The highest BCUT2D eigenvalue weighted by atomic mass is 32.1. The Labute approximate surface area is 128 Å². The molecule has 1 aromatic carbocycles. The minimum atomic E-state index is -0.462. The zero-order valence-corrected chi connectivity index (χ0v) is 13.2. The first-order chi connectivity index (χ1) is 10.0. The van der Waals surface area contributed by atoms with E-state index in [1.165, 1.54) is 0 Å². The van der Waals surface area contributed by atoms with E-state index in [9.17, 15) is 4.79 Å². The number of methoxy groups -OCH3 is 1. The molecule has 1 aromatic heterocycles. The van der Waals surface area contributed by atoms with Crippen LogP contribution in [-0.4, -0.2) is 18.0 Å². The van der Waals surface area contributed by atoms with Gasteiger partial charge in [0.15, 0.2) is 0 Å². The van der Waals surface area contributed by atoms with E-state index < -0.39 is 5.91 Å². The van der Waals surface area contributed by atoms with Gasteiger partial charge in [0.25, 0.3) is 0 Å². The van der Waals surface area contributed by atoms with Crippen LogP contribution in [0.2, 0.25) is 0 Å². The van der Waals surface area contributed by atoms with E-state index in [0.29, 0.717) is 23.8 Å². The standard InChI is InChI=1S/C15H19N3O2S/c1-9(2)15-18-11(8-21-15)7-17-12-6-10(14(16)19)4-5-13(12)20-3/h4-6,8-9,17H,7H2,1-3H3,(H2,16,19). The first kappa shape index (κ1) is 15.3. The summed E-state index contributed by atoms with van der Waals surface area (Å²) < 4.78 is 5.28. The van der Waals surface area contributed by atoms with Gasteiger partial charge in [0, 0.05) is 16.9 Å². The van der Waals surface area contributed by atoms with Gasteiger partial charge in [0.2, 0.25) is 5.91 Å². The zero-order chi connectivity index (χ0) is 15.4. The van der Waals surface area contributed by atoms with Gasteiger partial charge in [-0.25, -0.2) is 4.98 Å². The average molecular weight is 305 g/mol. The molecule has 6 heteroatoms. The molecule has 0 spiro atoms. The van der Waals surface area contributed by atoms with E-state index in [0.717, 1.165) is 16.4 Å². The predicted molar refractivity (Wildman–Crippen MR) is 85.0 cm³/mol. The van der Waals surface area contributed by atoms with Crippen LogP contribution in [0.3, 0.4) is 0 Å². The number of nitrogens with zero attached hydrogens (tertiary/aromatic N) is 1. The van der Waals surface area contributed by atoms with Gasteiger partial charge in [-0.05, 0) is 18.2 Å². The SMILES string of the molecule is COc1ccc(C(N)=O)cc1NCc1csc(C(C)C)n1. The molecule has 5 nitrogen and oxygen atoms in total. The van der Waals surface area contributed by atoms with Crippen LogP contribution < -0.4 is 15.8 Å². The predicted octanol–water partition coefficient (Wildman–Crippen LogP) is 2.99. The van der Waals surface area contributed by atoms with Gasteiger partial charge < -0.3 is 15.8 Å². The molecule has 3 N–H and O–H groups in total. The minimum absolute atomic E-state index is 0.427. The third-order valence-corrected chi connectivity index (χ3v) is 4.20. The van der Waals surface area contributed by atoms with Gasteiger partial charge in [0.05, 0.1) is 30.0 Å². The maximum Gasteiger partial charge on any atom is 0.248 e. The summed E-state index contributed by atoms with van der Waals surface area (Å²) >= 11 is 1.65. The molecule has 0 fully saturated rings. The highest BCUT2D eigenvalue weighted by Gasteiger charge is 2.09. The van der Waals surface area contributed by atoms with E-state index in [1.807, 2.05) is 5.38 Å². The van der Waals surface area contributed by atoms with Crippen LogP contribution in [0.4, 0.5) is 5.69 Å². The first-order valence-corrected chi connectivity index (χ1v) is 7.55. The van der Waals surface area contributed by atoms with Crippen molar-refractivity contribution in [3.63, 3.8) is 0 Å². The normalized spacial score (nSPS) is 10.7. The summed E-state index contributed by atoms with van der Waals surface area (Å²) in [4.78, 5) is 15.8. The average Bonchev–Trinajstić information content (AvgIpc) is 2.93. The second-order valence-corrected chi connectivity index (χ2v) is 5.85. The van der Waals surface area contributed by atoms with Gasteiger partial charge in [-0.15, -0.1) is 11.3 Å². The van der Waals surface area contributed by atoms with Crippen molar-refractivity contribution in [1.29, 1.82) is 0 Å². The summed E-state index contributed by atoms with van der Waals surface area (Å²) in [5, 5.41) is 6.39. The Morgan fingerprint density at radius 1 is 1.48 bits per heavy atom.